The molecule has 16 heavy (non-hydrogen) atoms. The van der Waals surface area contributed by atoms with Gasteiger partial charge >= 0.3 is 0 Å². The normalized spacial score (nSPS) is 23.9. The smallest absolute Gasteiger partial charge is 0.236 e. The molecule has 3 nitrogen and oxygen atoms in total. The van der Waals surface area contributed by atoms with E-state index in [1.54, 1.807) is 0 Å². The number of likely N-dealkylation sites (tertiary alicyclic amines) is 1. The Morgan fingerprint density at radius 3 is 2.50 bits per heavy atom. The lowest BCUT2D eigenvalue weighted by atomic mass is 10.00. The Morgan fingerprint density at radius 1 is 1.25 bits per heavy atom. The fraction of sp³-hybridized carbons (Fsp3) is 0.923. The van der Waals surface area contributed by atoms with Crippen molar-refractivity contribution < 1.29 is 4.79 Å². The number of nitrogens with one attached hydrogen (secondary N) is 1. The van der Waals surface area contributed by atoms with Gasteiger partial charge in [0.1, 0.15) is 0 Å². The van der Waals surface area contributed by atoms with Crippen LogP contribution in [0.4, 0.5) is 0 Å². The standard InChI is InChI=1S/C13H24N2O/c1-11(12-6-2-3-7-12)14-10-13(16)15-8-4-5-9-15/h11-12,14H,2-10H2,1H3. The van der Waals surface area contributed by atoms with Crippen molar-refractivity contribution in [3.63, 3.8) is 0 Å². The van der Waals surface area contributed by atoms with Crippen molar-refractivity contribution in [3.8, 4) is 0 Å². The van der Waals surface area contributed by atoms with Crippen LogP contribution in [0.15, 0.2) is 0 Å². The summed E-state index contributed by atoms with van der Waals surface area (Å²) in [7, 11) is 0. The summed E-state index contributed by atoms with van der Waals surface area (Å²) in [5, 5.41) is 3.41. The maximum atomic E-state index is 11.8. The number of rotatable bonds is 4. The molecule has 0 aromatic rings. The minimum atomic E-state index is 0.294. The number of carbonyl (C=O) groups excluding carboxylic acids is 1. The second-order valence-electron chi connectivity index (χ2n) is 5.30. The first-order chi connectivity index (χ1) is 7.77. The van der Waals surface area contributed by atoms with Gasteiger partial charge in [-0.3, -0.25) is 4.79 Å². The van der Waals surface area contributed by atoms with Crippen molar-refractivity contribution >= 4 is 5.91 Å². The predicted octanol–water partition coefficient (Wildman–Crippen LogP) is 1.78. The van der Waals surface area contributed by atoms with Gasteiger partial charge in [0.2, 0.25) is 5.91 Å². The molecule has 0 spiro atoms. The third-order valence-electron chi connectivity index (χ3n) is 4.14. The molecule has 0 bridgehead atoms. The summed E-state index contributed by atoms with van der Waals surface area (Å²) in [6.07, 6.45) is 7.79. The van der Waals surface area contributed by atoms with Crippen LogP contribution < -0.4 is 5.32 Å². The van der Waals surface area contributed by atoms with Gasteiger partial charge in [0.15, 0.2) is 0 Å². The highest BCUT2D eigenvalue weighted by Crippen LogP contribution is 2.27. The zero-order valence-electron chi connectivity index (χ0n) is 10.4. The lowest BCUT2D eigenvalue weighted by Gasteiger charge is -2.22. The molecule has 0 radical (unpaired) electrons. The van der Waals surface area contributed by atoms with E-state index in [2.05, 4.69) is 12.2 Å². The third kappa shape index (κ3) is 2.97. The van der Waals surface area contributed by atoms with Crippen molar-refractivity contribution in [3.05, 3.63) is 0 Å². The molecule has 1 atom stereocenters. The second-order valence-corrected chi connectivity index (χ2v) is 5.30. The van der Waals surface area contributed by atoms with Crippen LogP contribution in [-0.2, 0) is 4.79 Å². The van der Waals surface area contributed by atoms with E-state index in [0.29, 0.717) is 18.5 Å². The van der Waals surface area contributed by atoms with Gasteiger partial charge in [-0.25, -0.2) is 0 Å². The topological polar surface area (TPSA) is 32.3 Å². The average molecular weight is 224 g/mol. The quantitative estimate of drug-likeness (QED) is 0.789. The van der Waals surface area contributed by atoms with Gasteiger partial charge in [0, 0.05) is 19.1 Å². The summed E-state index contributed by atoms with van der Waals surface area (Å²) in [6, 6.07) is 0.508. The molecule has 0 aromatic carbocycles. The van der Waals surface area contributed by atoms with Gasteiger partial charge in [0.25, 0.3) is 0 Å². The highest BCUT2D eigenvalue weighted by molar-refractivity contribution is 5.78. The minimum absolute atomic E-state index is 0.294. The van der Waals surface area contributed by atoms with Crippen LogP contribution in [0.3, 0.4) is 0 Å². The molecule has 1 aliphatic carbocycles. The zero-order valence-corrected chi connectivity index (χ0v) is 10.4. The monoisotopic (exact) mass is 224 g/mol. The van der Waals surface area contributed by atoms with Gasteiger partial charge in [-0.15, -0.1) is 0 Å². The number of hydrogen-bond donors (Lipinski definition) is 1. The molecule has 0 aromatic heterocycles. The molecule has 1 amide bonds. The Bertz CT molecular complexity index is 230. The molecule has 1 heterocycles. The SMILES string of the molecule is CC(NCC(=O)N1CCCC1)C1CCCC1. The van der Waals surface area contributed by atoms with Crippen LogP contribution >= 0.6 is 0 Å². The molecule has 92 valence electrons. The Kier molecular flexibility index (Phi) is 4.22. The van der Waals surface area contributed by atoms with Crippen LogP contribution in [-0.4, -0.2) is 36.5 Å². The Morgan fingerprint density at radius 2 is 1.88 bits per heavy atom. The van der Waals surface area contributed by atoms with Crippen LogP contribution in [0.25, 0.3) is 0 Å². The van der Waals surface area contributed by atoms with Crippen molar-refractivity contribution in [1.82, 2.24) is 10.2 Å². The molecule has 2 fully saturated rings. The lowest BCUT2D eigenvalue weighted by Crippen LogP contribution is -2.41. The first kappa shape index (κ1) is 11.9. The highest BCUT2D eigenvalue weighted by Gasteiger charge is 2.23. The van der Waals surface area contributed by atoms with Crippen LogP contribution in [0, 0.1) is 5.92 Å². The van der Waals surface area contributed by atoms with Crippen molar-refractivity contribution in [2.24, 2.45) is 5.92 Å². The van der Waals surface area contributed by atoms with Gasteiger partial charge in [-0.2, -0.15) is 0 Å². The van der Waals surface area contributed by atoms with Crippen molar-refractivity contribution in [2.75, 3.05) is 19.6 Å². The molecule has 1 saturated heterocycles. The van der Waals surface area contributed by atoms with Crippen molar-refractivity contribution in [1.29, 1.82) is 0 Å². The maximum Gasteiger partial charge on any atom is 0.236 e. The molecule has 3 heteroatoms. The van der Waals surface area contributed by atoms with E-state index in [1.807, 2.05) is 4.90 Å². The summed E-state index contributed by atoms with van der Waals surface area (Å²) < 4.78 is 0. The van der Waals surface area contributed by atoms with Crippen LogP contribution in [0.5, 0.6) is 0 Å². The summed E-state index contributed by atoms with van der Waals surface area (Å²) in [4.78, 5) is 13.8. The molecule has 2 rings (SSSR count). The van der Waals surface area contributed by atoms with E-state index in [1.165, 1.54) is 38.5 Å². The van der Waals surface area contributed by atoms with Crippen LogP contribution in [0.1, 0.15) is 45.4 Å². The first-order valence-corrected chi connectivity index (χ1v) is 6.78. The van der Waals surface area contributed by atoms with Gasteiger partial charge < -0.3 is 10.2 Å². The zero-order chi connectivity index (χ0) is 11.4. The van der Waals surface area contributed by atoms with Crippen molar-refractivity contribution in [2.45, 2.75) is 51.5 Å². The largest absolute Gasteiger partial charge is 0.342 e. The van der Waals surface area contributed by atoms with Gasteiger partial charge in [-0.05, 0) is 38.5 Å². The molecular formula is C13H24N2O. The highest BCUT2D eigenvalue weighted by atomic mass is 16.2. The molecule has 1 saturated carbocycles. The average Bonchev–Trinajstić information content (AvgIpc) is 2.95. The molecular weight excluding hydrogens is 200 g/mol. The van der Waals surface area contributed by atoms with Crippen LogP contribution in [0.2, 0.25) is 0 Å². The minimum Gasteiger partial charge on any atom is -0.342 e. The Labute approximate surface area is 98.6 Å². The number of carbonyl (C=O) groups is 1. The third-order valence-corrected chi connectivity index (χ3v) is 4.14. The second kappa shape index (κ2) is 5.67. The predicted molar refractivity (Wildman–Crippen MR) is 65.2 cm³/mol. The van der Waals surface area contributed by atoms with E-state index in [9.17, 15) is 4.79 Å². The molecule has 2 aliphatic rings. The first-order valence-electron chi connectivity index (χ1n) is 6.78. The van der Waals surface area contributed by atoms with E-state index < -0.39 is 0 Å². The summed E-state index contributed by atoms with van der Waals surface area (Å²) in [6.45, 7) is 4.71. The van der Waals surface area contributed by atoms with E-state index in [-0.39, 0.29) is 0 Å². The summed E-state index contributed by atoms with van der Waals surface area (Å²) in [5.41, 5.74) is 0. The Hall–Kier alpha value is -0.570. The number of hydrogen-bond acceptors (Lipinski definition) is 2. The van der Waals surface area contributed by atoms with E-state index >= 15 is 0 Å². The van der Waals surface area contributed by atoms with Gasteiger partial charge in [0.05, 0.1) is 6.54 Å². The fourth-order valence-electron chi connectivity index (χ4n) is 2.95. The molecule has 1 N–H and O–H groups in total. The number of nitrogens with zero attached hydrogens (tertiary/aromatic N) is 1. The fourth-order valence-corrected chi connectivity index (χ4v) is 2.95. The number of amides is 1. The Balaban J connectivity index is 1.67. The van der Waals surface area contributed by atoms with E-state index in [0.717, 1.165) is 19.0 Å². The van der Waals surface area contributed by atoms with Gasteiger partial charge in [-0.1, -0.05) is 12.8 Å². The molecule has 1 aliphatic heterocycles. The summed E-state index contributed by atoms with van der Waals surface area (Å²) >= 11 is 0. The molecule has 1 unspecified atom stereocenters. The maximum absolute atomic E-state index is 11.8. The van der Waals surface area contributed by atoms with E-state index in [4.69, 9.17) is 0 Å². The lowest BCUT2D eigenvalue weighted by molar-refractivity contribution is -0.129. The summed E-state index contributed by atoms with van der Waals surface area (Å²) in [5.74, 6) is 1.09.